The van der Waals surface area contributed by atoms with Gasteiger partial charge in [0.25, 0.3) is 0 Å². The lowest BCUT2D eigenvalue weighted by Gasteiger charge is -2.27. The highest BCUT2D eigenvalue weighted by atomic mass is 19.2. The van der Waals surface area contributed by atoms with Gasteiger partial charge in [-0.1, -0.05) is 18.2 Å². The fourth-order valence-corrected chi connectivity index (χ4v) is 18.7. The number of hydrogen-bond donors (Lipinski definition) is 15. The largest absolute Gasteiger partial charge is 0.391 e. The van der Waals surface area contributed by atoms with E-state index in [9.17, 15) is 120 Å². The molecule has 16 N–H and O–H groups in total. The van der Waals surface area contributed by atoms with E-state index in [4.69, 9.17) is 34.2 Å². The van der Waals surface area contributed by atoms with E-state index in [0.717, 1.165) is 110 Å². The van der Waals surface area contributed by atoms with Crippen molar-refractivity contribution in [2.45, 2.75) is 240 Å². The molecule has 0 amide bonds. The molecule has 149 heavy (non-hydrogen) atoms. The minimum Gasteiger partial charge on any atom is -0.391 e. The molecule has 28 atom stereocenters. The van der Waals surface area contributed by atoms with Crippen molar-refractivity contribution in [3.8, 4) is 0 Å². The first-order valence-corrected chi connectivity index (χ1v) is 46.4. The van der Waals surface area contributed by atoms with Crippen LogP contribution in [0.4, 0.5) is 43.9 Å². The van der Waals surface area contributed by atoms with Gasteiger partial charge in [-0.2, -0.15) is 0 Å². The van der Waals surface area contributed by atoms with Crippen LogP contribution in [0.2, 0.25) is 0 Å². The predicted octanol–water partition coefficient (Wildman–Crippen LogP) is 7.42. The first-order chi connectivity index (χ1) is 70.8. The smallest absolute Gasteiger partial charge is 0.194 e. The fourth-order valence-electron chi connectivity index (χ4n) is 18.7. The van der Waals surface area contributed by atoms with Gasteiger partial charge in [-0.05, 0) is 170 Å². The maximum Gasteiger partial charge on any atom is 0.194 e. The number of halogens is 10. The molecule has 50 heteroatoms. The van der Waals surface area contributed by atoms with E-state index in [1.807, 2.05) is 32.9 Å². The molecular weight excluding hydrogens is 1980 g/mol. The molecule has 6 fully saturated rings. The topological polar surface area (TPSA) is 566 Å². The highest BCUT2D eigenvalue weighted by Crippen LogP contribution is 2.46. The molecule has 22 rings (SSSR count). The molecule has 0 bridgehead atoms. The quantitative estimate of drug-likeness (QED) is 0.0330. The molecule has 0 aliphatic carbocycles. The van der Waals surface area contributed by atoms with Gasteiger partial charge < -0.3 is 133 Å². The van der Waals surface area contributed by atoms with Crippen molar-refractivity contribution >= 4 is 72.0 Å². The number of nitrogens with zero attached hydrogens (tertiary/aromatic N) is 18. The SMILES string of the molecule is Cc1ncnc2c1ccn2[C@@H]1O[C@@H](C(C)(C)O)[C@@H](O)[C@H]1O.Cc1ncnc2c1ccn2[C@@H]1O[C@@H]([C@H](C)O)[C@@H](O)[C@H]1O.Cc1ncnc2c1ccn2[C@@H]1O[C@H](C(=O)c2ccc(F)c(F)c2)[C@@H](O)[C@H]1O.Cc1ncnc2c1ccn2[C@@H]1O[C@H]([C@@H](F)c2ccc(F)c(F)c2)[C@@H](O)[C@H]1O.Cc1ncnc2c1ccn2[C@@H]1O[C@H]([C@H](F)c2ccc(F)c(F)c2)[C@@H](O)[C@H]1O.Cc1ncnc2c1ccn2[C@@H]1O[C@H]([C@H](N)c2ccc(F)c(F)c2)[C@@H](O)[C@H]1O. The monoisotopic (exact) mass is 2080 g/mol. The molecule has 6 aliphatic heterocycles. The summed E-state index contributed by atoms with van der Waals surface area (Å²) in [5.74, 6) is -9.70. The highest BCUT2D eigenvalue weighted by molar-refractivity contribution is 6.00. The Morgan fingerprint density at radius 2 is 0.564 bits per heavy atom. The van der Waals surface area contributed by atoms with Crippen LogP contribution in [0.15, 0.2) is 184 Å². The van der Waals surface area contributed by atoms with Crippen LogP contribution in [0.1, 0.15) is 138 Å². The summed E-state index contributed by atoms with van der Waals surface area (Å²) < 4.78 is 179. The predicted molar refractivity (Wildman–Crippen MR) is 501 cm³/mol. The number of carbonyl (C=O) groups excluding carboxylic acids is 1. The van der Waals surface area contributed by atoms with Gasteiger partial charge in [-0.3, -0.25) is 4.79 Å². The van der Waals surface area contributed by atoms with Crippen molar-refractivity contribution in [3.63, 3.8) is 0 Å². The Hall–Kier alpha value is -13.3. The molecule has 0 saturated carbocycles. The third kappa shape index (κ3) is 20.7. The second-order valence-corrected chi connectivity index (χ2v) is 37.0. The van der Waals surface area contributed by atoms with Crippen molar-refractivity contribution in [1.29, 1.82) is 0 Å². The van der Waals surface area contributed by atoms with Crippen LogP contribution in [0.3, 0.4) is 0 Å². The minimum atomic E-state index is -1.96. The van der Waals surface area contributed by atoms with E-state index in [0.29, 0.717) is 57.4 Å². The number of benzene rings is 4. The van der Waals surface area contributed by atoms with Crippen LogP contribution in [0.5, 0.6) is 0 Å². The maximum atomic E-state index is 14.8. The zero-order chi connectivity index (χ0) is 107. The molecule has 18 heterocycles. The van der Waals surface area contributed by atoms with Gasteiger partial charge >= 0.3 is 0 Å². The van der Waals surface area contributed by atoms with Crippen LogP contribution in [0, 0.1) is 88.1 Å². The second-order valence-electron chi connectivity index (χ2n) is 37.0. The molecule has 4 aromatic carbocycles. The normalized spacial score (nSPS) is 27.6. The number of nitrogens with two attached hydrogens (primary N) is 1. The number of aliphatic hydroxyl groups excluding tert-OH is 13. The molecule has 16 aromatic rings. The molecule has 6 saturated heterocycles. The number of aliphatic hydroxyl groups is 14. The van der Waals surface area contributed by atoms with Gasteiger partial charge in [-0.25, -0.2) is 104 Å². The molecular formula is C99H101F10N19O21. The number of carbonyl (C=O) groups is 1. The number of ketones is 1. The summed E-state index contributed by atoms with van der Waals surface area (Å²) >= 11 is 0. The molecule has 0 unspecified atom stereocenters. The van der Waals surface area contributed by atoms with Crippen molar-refractivity contribution in [2.75, 3.05) is 0 Å². The van der Waals surface area contributed by atoms with Gasteiger partial charge in [0.2, 0.25) is 0 Å². The zero-order valence-electron chi connectivity index (χ0n) is 80.0. The first-order valence-electron chi connectivity index (χ1n) is 46.4. The standard InChI is InChI=1S/2C18H16F3N3O3.C18H18F2N4O3.C18H15F2N3O4.C14H19N3O4.C13H17N3O4/c3*1-8-10-4-5-24(17(10)23-7-22-8)18-15(26)14(25)16(27-18)13(21)9-2-3-11(19)12(20)6-9;1-8-10-4-5-23(17(10)22-7-21-8)18-15(26)14(25)16(27-18)13(24)9-2-3-11(19)12(20)6-9;1-7-8-4-5-17(12(8)16-6-15-7)13-10(19)9(18)11(21-13)14(2,3)20;1-6-8-3-4-16(12(8)15-5-14-6)13-10(19)9(18)11(20-13)7(2)17/h2*2-7,13-16,18,25-26H,1H3;2-7,13-16,18,25-26H,21H2,1H3;2-7,14-16,18,25-26H,1H3;4-6,9-11,13,18-20H,1-3H3;3-5,7,9-11,13,17-19H,1-2H3/t13-,14+,15-,16-,18-;13-,14-,15+,16+,18+;13-,14+,15-,16-,18-;14-,15+,16+,18+;9-,10+,11+,13+;7-,9-,10+,11-,13+/m101000/s1. The van der Waals surface area contributed by atoms with Crippen LogP contribution in [-0.4, -0.2) is 286 Å². The molecule has 12 aromatic heterocycles. The van der Waals surface area contributed by atoms with Gasteiger partial charge in [0.05, 0.1) is 51.9 Å². The van der Waals surface area contributed by atoms with E-state index in [2.05, 4.69) is 59.8 Å². The van der Waals surface area contributed by atoms with Crippen molar-refractivity contribution in [1.82, 2.24) is 87.2 Å². The summed E-state index contributed by atoms with van der Waals surface area (Å²) in [5.41, 5.74) is 12.3. The number of aromatic nitrogens is 18. The van der Waals surface area contributed by atoms with Crippen molar-refractivity contribution < 1.29 is 149 Å². The number of rotatable bonds is 16. The highest BCUT2D eigenvalue weighted by Gasteiger charge is 2.55. The Morgan fingerprint density at radius 1 is 0.315 bits per heavy atom. The Morgan fingerprint density at radius 3 is 0.852 bits per heavy atom. The van der Waals surface area contributed by atoms with Gasteiger partial charge in [0.15, 0.2) is 108 Å². The average molecular weight is 2080 g/mol. The van der Waals surface area contributed by atoms with Gasteiger partial charge in [0, 0.05) is 75.1 Å². The van der Waals surface area contributed by atoms with Crippen molar-refractivity contribution in [2.24, 2.45) is 5.73 Å². The molecule has 0 radical (unpaired) electrons. The number of ether oxygens (including phenoxy) is 6. The maximum absolute atomic E-state index is 14.8. The van der Waals surface area contributed by atoms with Crippen LogP contribution in [0.25, 0.3) is 66.2 Å². The molecule has 6 aliphatic rings. The lowest BCUT2D eigenvalue weighted by atomic mass is 9.96. The summed E-state index contributed by atoms with van der Waals surface area (Å²) in [7, 11) is 0. The van der Waals surface area contributed by atoms with E-state index in [-0.39, 0.29) is 22.3 Å². The molecule has 788 valence electrons. The summed E-state index contributed by atoms with van der Waals surface area (Å²) in [5, 5.41) is 148. The fraction of sp³-hybridized carbons (Fsp3) is 0.384. The van der Waals surface area contributed by atoms with Crippen LogP contribution in [-0.2, 0) is 28.4 Å². The lowest BCUT2D eigenvalue weighted by Crippen LogP contribution is -2.44. The number of Topliss-reactive ketones (excluding diaryl/α,β-unsaturated/α-hetero) is 1. The Labute approximate surface area is 836 Å². The second kappa shape index (κ2) is 43.4. The molecule has 40 nitrogen and oxygen atoms in total. The van der Waals surface area contributed by atoms with E-state index in [1.165, 1.54) is 78.5 Å². The molecule has 0 spiro atoms. The van der Waals surface area contributed by atoms with E-state index < -0.39 is 230 Å². The van der Waals surface area contributed by atoms with Crippen LogP contribution >= 0.6 is 0 Å². The van der Waals surface area contributed by atoms with E-state index in [1.54, 1.807) is 95.9 Å². The minimum absolute atomic E-state index is 0.165. The number of aryl methyl sites for hydroxylation is 6. The van der Waals surface area contributed by atoms with Gasteiger partial charge in [-0.15, -0.1) is 0 Å². The summed E-state index contributed by atoms with van der Waals surface area (Å²) in [6.45, 7) is 15.5. The Kier molecular flexibility index (Phi) is 31.1. The third-order valence-corrected chi connectivity index (χ3v) is 26.9. The number of alkyl halides is 2. The average Bonchev–Trinajstić information content (AvgIpc) is 1.65. The third-order valence-electron chi connectivity index (χ3n) is 26.9. The lowest BCUT2D eigenvalue weighted by molar-refractivity contribution is -0.122. The Balaban J connectivity index is 0.000000122. The van der Waals surface area contributed by atoms with Crippen molar-refractivity contribution in [3.05, 3.63) is 287 Å². The van der Waals surface area contributed by atoms with E-state index >= 15 is 0 Å². The van der Waals surface area contributed by atoms with Crippen LogP contribution < -0.4 is 5.73 Å². The number of fused-ring (bicyclic) bond motifs is 6. The Bertz CT molecular complexity index is 7180. The summed E-state index contributed by atoms with van der Waals surface area (Å²) in [6.07, 6.45) is -15.5. The zero-order valence-corrected chi connectivity index (χ0v) is 80.0. The summed E-state index contributed by atoms with van der Waals surface area (Å²) in [6, 6.07) is 20.7. The van der Waals surface area contributed by atoms with Gasteiger partial charge in [0.1, 0.15) is 176 Å². The summed E-state index contributed by atoms with van der Waals surface area (Å²) in [4.78, 5) is 62.2. The number of hydrogen-bond acceptors (Lipinski definition) is 34. The first kappa shape index (κ1) is 107.